The van der Waals surface area contributed by atoms with Gasteiger partial charge in [0.25, 0.3) is 5.56 Å². The van der Waals surface area contributed by atoms with Crippen LogP contribution in [0.1, 0.15) is 25.0 Å². The molecular weight excluding hydrogens is 411 g/mol. The number of likely N-dealkylation sites (tertiary alicyclic amines) is 1. The summed E-state index contributed by atoms with van der Waals surface area (Å²) >= 11 is 0. The van der Waals surface area contributed by atoms with Gasteiger partial charge in [0.05, 0.1) is 11.4 Å². The maximum atomic E-state index is 13.5. The van der Waals surface area contributed by atoms with Crippen LogP contribution in [0.4, 0.5) is 4.39 Å². The monoisotopic (exact) mass is 434 g/mol. The fourth-order valence-electron chi connectivity index (χ4n) is 4.22. The molecule has 4 heterocycles. The van der Waals surface area contributed by atoms with Crippen molar-refractivity contribution in [2.24, 2.45) is 0 Å². The quantitative estimate of drug-likeness (QED) is 0.495. The zero-order valence-electron chi connectivity index (χ0n) is 17.7. The van der Waals surface area contributed by atoms with Gasteiger partial charge in [0.15, 0.2) is 5.82 Å². The first kappa shape index (κ1) is 20.2. The van der Waals surface area contributed by atoms with Crippen LogP contribution in [0.3, 0.4) is 0 Å². The van der Waals surface area contributed by atoms with Crippen LogP contribution in [-0.4, -0.2) is 48.0 Å². The number of aryl methyl sites for hydroxylation is 1. The van der Waals surface area contributed by atoms with E-state index in [1.165, 1.54) is 16.8 Å². The highest BCUT2D eigenvalue weighted by atomic mass is 19.1. The lowest BCUT2D eigenvalue weighted by molar-refractivity contribution is -0.133. The van der Waals surface area contributed by atoms with Gasteiger partial charge in [-0.1, -0.05) is 0 Å². The topological polar surface area (TPSA) is 78.0 Å². The van der Waals surface area contributed by atoms with E-state index in [4.69, 9.17) is 0 Å². The van der Waals surface area contributed by atoms with Crippen LogP contribution in [0.15, 0.2) is 53.6 Å². The molecule has 0 saturated carbocycles. The number of hydrogen-bond acceptors (Lipinski definition) is 4. The summed E-state index contributed by atoms with van der Waals surface area (Å²) < 4.78 is 18.1. The summed E-state index contributed by atoms with van der Waals surface area (Å²) in [7, 11) is 0. The van der Waals surface area contributed by atoms with Crippen LogP contribution in [0.2, 0.25) is 0 Å². The Bertz CT molecular complexity index is 1330. The number of nitrogens with zero attached hydrogens (tertiary/aromatic N) is 6. The first-order chi connectivity index (χ1) is 15.5. The van der Waals surface area contributed by atoms with Gasteiger partial charge in [0.2, 0.25) is 5.91 Å². The number of aromatic nitrogens is 5. The van der Waals surface area contributed by atoms with Crippen LogP contribution >= 0.6 is 0 Å². The average Bonchev–Trinajstić information content (AvgIpc) is 3.46. The lowest BCUT2D eigenvalue weighted by Gasteiger charge is -2.26. The summed E-state index contributed by atoms with van der Waals surface area (Å²) in [5, 5.41) is 9.40. The number of benzene rings is 1. The standard InChI is InChI=1S/C23H23FN6O2/c1-16-21-20(23(32)29(25-16)15-19(31)27-11-3-2-4-12-27)22(28-13-5-6-14-28)30(26-21)18-9-7-17(24)8-10-18/h5-10,13-14H,2-4,11-12,15H2,1H3. The predicted molar refractivity (Wildman–Crippen MR) is 118 cm³/mol. The van der Waals surface area contributed by atoms with E-state index in [-0.39, 0.29) is 23.8 Å². The minimum absolute atomic E-state index is 0.105. The number of piperidine rings is 1. The molecule has 0 radical (unpaired) electrons. The summed E-state index contributed by atoms with van der Waals surface area (Å²) in [6.07, 6.45) is 6.71. The van der Waals surface area contributed by atoms with Gasteiger partial charge >= 0.3 is 0 Å². The van der Waals surface area contributed by atoms with Crippen molar-refractivity contribution in [2.45, 2.75) is 32.7 Å². The number of halogens is 1. The maximum absolute atomic E-state index is 13.5. The Kier molecular flexibility index (Phi) is 5.08. The van der Waals surface area contributed by atoms with E-state index >= 15 is 0 Å². The summed E-state index contributed by atoms with van der Waals surface area (Å²) in [6, 6.07) is 9.61. The molecule has 1 aliphatic rings. The molecular formula is C23H23FN6O2. The van der Waals surface area contributed by atoms with E-state index in [1.807, 2.05) is 24.5 Å². The third kappa shape index (κ3) is 3.49. The molecule has 9 heteroatoms. The second kappa shape index (κ2) is 8.07. The number of carbonyl (C=O) groups excluding carboxylic acids is 1. The third-order valence-corrected chi connectivity index (χ3v) is 5.84. The van der Waals surface area contributed by atoms with E-state index in [0.29, 0.717) is 41.2 Å². The number of rotatable bonds is 4. The van der Waals surface area contributed by atoms with Gasteiger partial charge in [-0.05, 0) is 62.6 Å². The molecule has 1 fully saturated rings. The second-order valence-corrected chi connectivity index (χ2v) is 8.02. The first-order valence-electron chi connectivity index (χ1n) is 10.7. The Labute approximate surface area is 183 Å². The minimum atomic E-state index is -0.381. The predicted octanol–water partition coefficient (Wildman–Crippen LogP) is 2.83. The first-order valence-corrected chi connectivity index (χ1v) is 10.7. The summed E-state index contributed by atoms with van der Waals surface area (Å²) in [4.78, 5) is 28.1. The molecule has 1 aromatic carbocycles. The second-order valence-electron chi connectivity index (χ2n) is 8.02. The molecule has 1 aliphatic heterocycles. The van der Waals surface area contributed by atoms with Crippen LogP contribution in [0.25, 0.3) is 22.4 Å². The highest BCUT2D eigenvalue weighted by Crippen LogP contribution is 2.24. The highest BCUT2D eigenvalue weighted by molar-refractivity contribution is 5.88. The van der Waals surface area contributed by atoms with E-state index in [9.17, 15) is 14.0 Å². The van der Waals surface area contributed by atoms with Crippen molar-refractivity contribution in [3.05, 3.63) is 70.7 Å². The molecule has 8 nitrogen and oxygen atoms in total. The summed E-state index contributed by atoms with van der Waals surface area (Å²) in [6.45, 7) is 3.09. The fraction of sp³-hybridized carbons (Fsp3) is 0.304. The Morgan fingerprint density at radius 2 is 1.72 bits per heavy atom. The molecule has 0 bridgehead atoms. The normalized spacial score (nSPS) is 14.2. The van der Waals surface area contributed by atoms with E-state index in [1.54, 1.807) is 33.2 Å². The van der Waals surface area contributed by atoms with Crippen LogP contribution < -0.4 is 5.56 Å². The van der Waals surface area contributed by atoms with Crippen LogP contribution in [-0.2, 0) is 11.3 Å². The molecule has 5 rings (SSSR count). The number of fused-ring (bicyclic) bond motifs is 1. The number of hydrogen-bond donors (Lipinski definition) is 0. The van der Waals surface area contributed by atoms with Crippen molar-refractivity contribution in [3.8, 4) is 11.5 Å². The lowest BCUT2D eigenvalue weighted by Crippen LogP contribution is -2.40. The van der Waals surface area contributed by atoms with Crippen molar-refractivity contribution in [3.63, 3.8) is 0 Å². The Morgan fingerprint density at radius 3 is 2.41 bits per heavy atom. The molecule has 164 valence electrons. The highest BCUT2D eigenvalue weighted by Gasteiger charge is 2.24. The van der Waals surface area contributed by atoms with E-state index in [2.05, 4.69) is 10.2 Å². The third-order valence-electron chi connectivity index (χ3n) is 5.84. The van der Waals surface area contributed by atoms with Crippen molar-refractivity contribution in [1.29, 1.82) is 0 Å². The van der Waals surface area contributed by atoms with Crippen LogP contribution in [0.5, 0.6) is 0 Å². The Hall–Kier alpha value is -3.75. The summed E-state index contributed by atoms with van der Waals surface area (Å²) in [5.41, 5.74) is 1.22. The zero-order valence-corrected chi connectivity index (χ0v) is 17.7. The van der Waals surface area contributed by atoms with Gasteiger partial charge in [-0.3, -0.25) is 9.59 Å². The van der Waals surface area contributed by atoms with Gasteiger partial charge in [-0.25, -0.2) is 13.8 Å². The largest absolute Gasteiger partial charge is 0.341 e. The van der Waals surface area contributed by atoms with Gasteiger partial charge < -0.3 is 9.47 Å². The Morgan fingerprint density at radius 1 is 1.03 bits per heavy atom. The molecule has 0 spiro atoms. The number of amides is 1. The molecule has 32 heavy (non-hydrogen) atoms. The summed E-state index contributed by atoms with van der Waals surface area (Å²) in [5.74, 6) is 0.0576. The minimum Gasteiger partial charge on any atom is -0.341 e. The van der Waals surface area contributed by atoms with Crippen molar-refractivity contribution in [1.82, 2.24) is 29.0 Å². The van der Waals surface area contributed by atoms with Gasteiger partial charge in [0.1, 0.15) is 23.3 Å². The molecule has 3 aromatic heterocycles. The van der Waals surface area contributed by atoms with Crippen LogP contribution in [0, 0.1) is 12.7 Å². The lowest BCUT2D eigenvalue weighted by atomic mass is 10.1. The average molecular weight is 434 g/mol. The Balaban J connectivity index is 1.67. The van der Waals surface area contributed by atoms with Gasteiger partial charge in [-0.2, -0.15) is 10.2 Å². The van der Waals surface area contributed by atoms with Crippen molar-refractivity contribution >= 4 is 16.8 Å². The van der Waals surface area contributed by atoms with Gasteiger partial charge in [-0.15, -0.1) is 0 Å². The fourth-order valence-corrected chi connectivity index (χ4v) is 4.22. The molecule has 0 N–H and O–H groups in total. The molecule has 0 unspecified atom stereocenters. The van der Waals surface area contributed by atoms with Crippen molar-refractivity contribution in [2.75, 3.05) is 13.1 Å². The molecule has 1 amide bonds. The molecule has 0 atom stereocenters. The number of carbonyl (C=O) groups is 1. The molecule has 4 aromatic rings. The SMILES string of the molecule is Cc1nn(CC(=O)N2CCCCC2)c(=O)c2c(-n3cccc3)n(-c3ccc(F)cc3)nc12. The van der Waals surface area contributed by atoms with E-state index < -0.39 is 0 Å². The molecule has 1 saturated heterocycles. The smallest absolute Gasteiger partial charge is 0.280 e. The van der Waals surface area contributed by atoms with Crippen molar-refractivity contribution < 1.29 is 9.18 Å². The van der Waals surface area contributed by atoms with E-state index in [0.717, 1.165) is 19.3 Å². The zero-order chi connectivity index (χ0) is 22.2. The van der Waals surface area contributed by atoms with Gasteiger partial charge in [0, 0.05) is 25.5 Å². The maximum Gasteiger partial charge on any atom is 0.280 e. The molecule has 0 aliphatic carbocycles.